The van der Waals surface area contributed by atoms with Gasteiger partial charge in [-0.15, -0.1) is 0 Å². The third-order valence-electron chi connectivity index (χ3n) is 3.56. The first-order valence-corrected chi connectivity index (χ1v) is 7.15. The number of carboxylic acid groups (broad SMARTS) is 1. The van der Waals surface area contributed by atoms with Crippen LogP contribution in [0.15, 0.2) is 0 Å². The lowest BCUT2D eigenvalue weighted by Crippen LogP contribution is -2.54. The number of hydrogen-bond donors (Lipinski definition) is 3. The summed E-state index contributed by atoms with van der Waals surface area (Å²) in [5.74, 6) is -1.71. The van der Waals surface area contributed by atoms with Gasteiger partial charge < -0.3 is 20.6 Å². The minimum absolute atomic E-state index is 0.266. The van der Waals surface area contributed by atoms with Crippen molar-refractivity contribution >= 4 is 17.9 Å². The highest BCUT2D eigenvalue weighted by Crippen LogP contribution is 2.24. The number of urea groups is 1. The van der Waals surface area contributed by atoms with Gasteiger partial charge in [-0.2, -0.15) is 0 Å². The van der Waals surface area contributed by atoms with Gasteiger partial charge in [-0.25, -0.2) is 4.79 Å². The number of carbonyl (C=O) groups excluding carboxylic acids is 2. The fourth-order valence-corrected chi connectivity index (χ4v) is 2.37. The molecule has 3 N–H and O–H groups in total. The van der Waals surface area contributed by atoms with E-state index in [0.29, 0.717) is 13.0 Å². The molecule has 3 unspecified atom stereocenters. The van der Waals surface area contributed by atoms with Gasteiger partial charge in [0.15, 0.2) is 0 Å². The van der Waals surface area contributed by atoms with Gasteiger partial charge in [0.1, 0.15) is 6.04 Å². The molecule has 1 fully saturated rings. The number of likely N-dealkylation sites (tertiary alicyclic amines) is 1. The average molecular weight is 299 g/mol. The molecule has 120 valence electrons. The number of nitrogens with one attached hydrogen (secondary N) is 2. The van der Waals surface area contributed by atoms with E-state index in [4.69, 9.17) is 5.11 Å². The van der Waals surface area contributed by atoms with Gasteiger partial charge in [0.2, 0.25) is 5.91 Å². The van der Waals surface area contributed by atoms with E-state index in [1.54, 1.807) is 13.8 Å². The molecule has 7 heteroatoms. The molecule has 3 atom stereocenters. The zero-order chi connectivity index (χ0) is 16.4. The smallest absolute Gasteiger partial charge is 0.318 e. The highest BCUT2D eigenvalue weighted by Gasteiger charge is 2.38. The molecule has 7 nitrogen and oxygen atoms in total. The Morgan fingerprint density at radius 2 is 1.86 bits per heavy atom. The minimum atomic E-state index is -0.892. The van der Waals surface area contributed by atoms with E-state index in [2.05, 4.69) is 10.6 Å². The van der Waals surface area contributed by atoms with Crippen LogP contribution in [0, 0.1) is 5.92 Å². The zero-order valence-electron chi connectivity index (χ0n) is 13.3. The fraction of sp³-hybridized carbons (Fsp3) is 0.786. The lowest BCUT2D eigenvalue weighted by molar-refractivity contribution is -0.142. The Morgan fingerprint density at radius 3 is 2.29 bits per heavy atom. The van der Waals surface area contributed by atoms with E-state index in [1.165, 1.54) is 4.90 Å². The number of aliphatic carboxylic acids is 1. The largest absolute Gasteiger partial charge is 0.481 e. The van der Waals surface area contributed by atoms with Crippen molar-refractivity contribution in [1.82, 2.24) is 15.5 Å². The van der Waals surface area contributed by atoms with Gasteiger partial charge in [-0.05, 0) is 41.0 Å². The van der Waals surface area contributed by atoms with Crippen molar-refractivity contribution in [3.8, 4) is 0 Å². The summed E-state index contributed by atoms with van der Waals surface area (Å²) in [6.45, 7) is 9.29. The summed E-state index contributed by atoms with van der Waals surface area (Å²) in [4.78, 5) is 36.6. The molecule has 0 aromatic rings. The van der Waals surface area contributed by atoms with Crippen LogP contribution in [0.25, 0.3) is 0 Å². The molecule has 1 aliphatic heterocycles. The van der Waals surface area contributed by atoms with Crippen molar-refractivity contribution in [2.24, 2.45) is 5.92 Å². The summed E-state index contributed by atoms with van der Waals surface area (Å²) in [5, 5.41) is 14.5. The Balaban J connectivity index is 2.58. The van der Waals surface area contributed by atoms with Crippen LogP contribution in [-0.2, 0) is 9.59 Å². The highest BCUT2D eigenvalue weighted by atomic mass is 16.4. The lowest BCUT2D eigenvalue weighted by atomic mass is 10.0. The monoisotopic (exact) mass is 299 g/mol. The maximum atomic E-state index is 12.1. The Kier molecular flexibility index (Phi) is 5.20. The standard InChI is InChI=1S/C14H25N3O4/c1-8(11(18)16-14(3,4)5)15-13(21)17-7-6-10(9(17)2)12(19)20/h8-10H,6-7H2,1-5H3,(H,15,21)(H,16,18)(H,19,20). The first-order valence-electron chi connectivity index (χ1n) is 7.15. The molecule has 1 heterocycles. The van der Waals surface area contributed by atoms with Gasteiger partial charge >= 0.3 is 12.0 Å². The van der Waals surface area contributed by atoms with Crippen molar-refractivity contribution in [3.63, 3.8) is 0 Å². The van der Waals surface area contributed by atoms with E-state index in [9.17, 15) is 14.4 Å². The summed E-state index contributed by atoms with van der Waals surface area (Å²) in [5.41, 5.74) is -0.370. The van der Waals surface area contributed by atoms with Gasteiger partial charge in [0.05, 0.1) is 5.92 Å². The van der Waals surface area contributed by atoms with Crippen LogP contribution < -0.4 is 10.6 Å². The number of carbonyl (C=O) groups is 3. The molecule has 3 amide bonds. The van der Waals surface area contributed by atoms with E-state index < -0.39 is 24.0 Å². The number of hydrogen-bond acceptors (Lipinski definition) is 3. The minimum Gasteiger partial charge on any atom is -0.481 e. The van der Waals surface area contributed by atoms with Crippen LogP contribution in [0.3, 0.4) is 0 Å². The second kappa shape index (κ2) is 6.32. The molecular formula is C14H25N3O4. The summed E-state index contributed by atoms with van der Waals surface area (Å²) in [6.07, 6.45) is 0.437. The molecule has 1 saturated heterocycles. The molecule has 0 aromatic carbocycles. The predicted octanol–water partition coefficient (Wildman–Crippen LogP) is 0.794. The van der Waals surface area contributed by atoms with Crippen molar-refractivity contribution in [2.45, 2.75) is 58.7 Å². The molecular weight excluding hydrogens is 274 g/mol. The van der Waals surface area contributed by atoms with Crippen molar-refractivity contribution < 1.29 is 19.5 Å². The van der Waals surface area contributed by atoms with Crippen molar-refractivity contribution in [1.29, 1.82) is 0 Å². The van der Waals surface area contributed by atoms with Crippen LogP contribution in [0.4, 0.5) is 4.79 Å². The third-order valence-corrected chi connectivity index (χ3v) is 3.56. The topological polar surface area (TPSA) is 98.7 Å². The molecule has 0 aromatic heterocycles. The maximum Gasteiger partial charge on any atom is 0.318 e. The summed E-state index contributed by atoms with van der Waals surface area (Å²) >= 11 is 0. The number of carboxylic acids is 1. The number of nitrogens with zero attached hydrogens (tertiary/aromatic N) is 1. The van der Waals surface area contributed by atoms with Gasteiger partial charge in [-0.1, -0.05) is 0 Å². The van der Waals surface area contributed by atoms with Crippen LogP contribution in [-0.4, -0.2) is 52.1 Å². The van der Waals surface area contributed by atoms with Crippen LogP contribution in [0.2, 0.25) is 0 Å². The van der Waals surface area contributed by atoms with Gasteiger partial charge in [0.25, 0.3) is 0 Å². The third kappa shape index (κ3) is 4.61. The van der Waals surface area contributed by atoms with Crippen molar-refractivity contribution in [2.75, 3.05) is 6.54 Å². The summed E-state index contributed by atoms with van der Waals surface area (Å²) in [7, 11) is 0. The van der Waals surface area contributed by atoms with E-state index in [1.807, 2.05) is 20.8 Å². The number of amides is 3. The molecule has 0 bridgehead atoms. The quantitative estimate of drug-likeness (QED) is 0.717. The van der Waals surface area contributed by atoms with E-state index in [-0.39, 0.29) is 17.5 Å². The maximum absolute atomic E-state index is 12.1. The molecule has 1 aliphatic rings. The molecule has 0 radical (unpaired) electrons. The first-order chi connectivity index (χ1) is 9.53. The van der Waals surface area contributed by atoms with Crippen LogP contribution >= 0.6 is 0 Å². The molecule has 0 spiro atoms. The van der Waals surface area contributed by atoms with E-state index in [0.717, 1.165) is 0 Å². The lowest BCUT2D eigenvalue weighted by Gasteiger charge is -2.27. The van der Waals surface area contributed by atoms with Crippen molar-refractivity contribution in [3.05, 3.63) is 0 Å². The first kappa shape index (κ1) is 17.3. The average Bonchev–Trinajstić information content (AvgIpc) is 2.68. The van der Waals surface area contributed by atoms with Gasteiger partial charge in [-0.3, -0.25) is 9.59 Å². The SMILES string of the molecule is CC(NC(=O)N1CCC(C(=O)O)C1C)C(=O)NC(C)(C)C. The molecule has 0 saturated carbocycles. The number of rotatable bonds is 3. The summed E-state index contributed by atoms with van der Waals surface area (Å²) < 4.78 is 0. The highest BCUT2D eigenvalue weighted by molar-refractivity contribution is 5.87. The van der Waals surface area contributed by atoms with Crippen LogP contribution in [0.1, 0.15) is 41.0 Å². The normalized spacial score (nSPS) is 23.6. The Bertz CT molecular complexity index is 430. The molecule has 1 rings (SSSR count). The second-order valence-corrected chi connectivity index (χ2v) is 6.58. The fourth-order valence-electron chi connectivity index (χ4n) is 2.37. The van der Waals surface area contributed by atoms with E-state index >= 15 is 0 Å². The molecule has 21 heavy (non-hydrogen) atoms. The second-order valence-electron chi connectivity index (χ2n) is 6.58. The Hall–Kier alpha value is -1.79. The molecule has 0 aliphatic carbocycles. The predicted molar refractivity (Wildman–Crippen MR) is 77.8 cm³/mol. The Labute approximate surface area is 125 Å². The Morgan fingerprint density at radius 1 is 1.29 bits per heavy atom. The van der Waals surface area contributed by atoms with Gasteiger partial charge in [0, 0.05) is 18.1 Å². The zero-order valence-corrected chi connectivity index (χ0v) is 13.3. The summed E-state index contributed by atoms with van der Waals surface area (Å²) in [6, 6.07) is -1.45. The van der Waals surface area contributed by atoms with Crippen LogP contribution in [0.5, 0.6) is 0 Å².